The first-order valence-electron chi connectivity index (χ1n) is 6.11. The molecule has 5 heteroatoms. The molecule has 0 saturated heterocycles. The lowest BCUT2D eigenvalue weighted by Crippen LogP contribution is -2.01. The van der Waals surface area contributed by atoms with Crippen LogP contribution in [0.25, 0.3) is 0 Å². The smallest absolute Gasteiger partial charge is 0.142 e. The van der Waals surface area contributed by atoms with Crippen molar-refractivity contribution >= 4 is 28.1 Å². The van der Waals surface area contributed by atoms with E-state index in [1.54, 1.807) is 18.4 Å². The Morgan fingerprint density at radius 2 is 2.00 bits per heavy atom. The molecule has 0 aromatic heterocycles. The molecule has 1 N–H and O–H groups in total. The zero-order valence-electron chi connectivity index (χ0n) is 11.0. The highest BCUT2D eigenvalue weighted by Gasteiger charge is 2.02. The summed E-state index contributed by atoms with van der Waals surface area (Å²) in [6, 6.07) is 12.5. The van der Waals surface area contributed by atoms with E-state index in [1.807, 2.05) is 24.3 Å². The maximum absolute atomic E-state index is 13.3. The first kappa shape index (κ1) is 15.0. The first-order chi connectivity index (χ1) is 9.54. The van der Waals surface area contributed by atoms with Gasteiger partial charge >= 0.3 is 0 Å². The normalized spacial score (nSPS) is 12.2. The van der Waals surface area contributed by atoms with Gasteiger partial charge in [-0.3, -0.25) is 4.21 Å². The third kappa shape index (κ3) is 4.32. The zero-order valence-corrected chi connectivity index (χ0v) is 12.6. The molecule has 0 radical (unpaired) electrons. The highest BCUT2D eigenvalue weighted by atomic mass is 35.5. The molecule has 0 unspecified atom stereocenters. The van der Waals surface area contributed by atoms with Crippen LogP contribution in [0.15, 0.2) is 42.5 Å². The van der Waals surface area contributed by atoms with Crippen LogP contribution < -0.4 is 5.32 Å². The monoisotopic (exact) mass is 311 g/mol. The van der Waals surface area contributed by atoms with Crippen molar-refractivity contribution in [3.8, 4) is 0 Å². The van der Waals surface area contributed by atoms with Crippen LogP contribution in [-0.2, 0) is 23.1 Å². The molecule has 0 heterocycles. The Morgan fingerprint density at radius 3 is 2.70 bits per heavy atom. The highest BCUT2D eigenvalue weighted by molar-refractivity contribution is 7.83. The number of anilines is 1. The fraction of sp³-hybridized carbons (Fsp3) is 0.200. The van der Waals surface area contributed by atoms with Crippen LogP contribution in [0.3, 0.4) is 0 Å². The van der Waals surface area contributed by atoms with Gasteiger partial charge in [-0.2, -0.15) is 0 Å². The third-order valence-electron chi connectivity index (χ3n) is 2.78. The summed E-state index contributed by atoms with van der Waals surface area (Å²) in [7, 11) is -0.862. The molecule has 2 nitrogen and oxygen atoms in total. The van der Waals surface area contributed by atoms with Crippen molar-refractivity contribution in [1.29, 1.82) is 0 Å². The molecule has 106 valence electrons. The Labute approximate surface area is 125 Å². The van der Waals surface area contributed by atoms with Crippen LogP contribution in [0, 0.1) is 5.82 Å². The predicted molar refractivity (Wildman–Crippen MR) is 82.9 cm³/mol. The van der Waals surface area contributed by atoms with Gasteiger partial charge in [0.05, 0.1) is 5.02 Å². The molecule has 0 bridgehead atoms. The second-order valence-electron chi connectivity index (χ2n) is 4.52. The van der Waals surface area contributed by atoms with Crippen LogP contribution in [0.4, 0.5) is 10.1 Å². The van der Waals surface area contributed by atoms with E-state index in [1.165, 1.54) is 6.07 Å². The van der Waals surface area contributed by atoms with Crippen molar-refractivity contribution in [2.45, 2.75) is 12.3 Å². The minimum absolute atomic E-state index is 0.126. The van der Waals surface area contributed by atoms with Gasteiger partial charge in [0.1, 0.15) is 5.82 Å². The molecular weight excluding hydrogens is 297 g/mol. The SMILES string of the molecule is C[S@@](=O)Cc1cccc(NCc2ccc(Cl)c(F)c2)c1. The van der Waals surface area contributed by atoms with Gasteiger partial charge in [-0.05, 0) is 35.4 Å². The van der Waals surface area contributed by atoms with E-state index < -0.39 is 16.6 Å². The molecule has 20 heavy (non-hydrogen) atoms. The Kier molecular flexibility index (Phi) is 5.15. The van der Waals surface area contributed by atoms with Gasteiger partial charge in [0, 0.05) is 35.0 Å². The van der Waals surface area contributed by atoms with Gasteiger partial charge in [0.2, 0.25) is 0 Å². The molecule has 0 spiro atoms. The molecule has 0 aliphatic carbocycles. The van der Waals surface area contributed by atoms with E-state index >= 15 is 0 Å². The van der Waals surface area contributed by atoms with Crippen molar-refractivity contribution in [3.05, 3.63) is 64.4 Å². The number of benzene rings is 2. The molecule has 1 atom stereocenters. The Morgan fingerprint density at radius 1 is 1.20 bits per heavy atom. The Hall–Kier alpha value is -1.39. The average Bonchev–Trinajstić information content (AvgIpc) is 2.40. The van der Waals surface area contributed by atoms with E-state index in [4.69, 9.17) is 11.6 Å². The van der Waals surface area contributed by atoms with Crippen LogP contribution in [0.1, 0.15) is 11.1 Å². The topological polar surface area (TPSA) is 29.1 Å². The lowest BCUT2D eigenvalue weighted by atomic mass is 10.2. The second kappa shape index (κ2) is 6.86. The van der Waals surface area contributed by atoms with Crippen molar-refractivity contribution in [2.75, 3.05) is 11.6 Å². The molecular formula is C15H15ClFNOS. The van der Waals surface area contributed by atoms with Crippen LogP contribution in [0.2, 0.25) is 5.02 Å². The van der Waals surface area contributed by atoms with Crippen LogP contribution in [0.5, 0.6) is 0 Å². The van der Waals surface area contributed by atoms with E-state index in [9.17, 15) is 8.60 Å². The summed E-state index contributed by atoms with van der Waals surface area (Å²) in [6.45, 7) is 0.507. The van der Waals surface area contributed by atoms with Crippen molar-refractivity contribution in [3.63, 3.8) is 0 Å². The Balaban J connectivity index is 2.03. The summed E-state index contributed by atoms with van der Waals surface area (Å²) in [5.74, 6) is 0.117. The number of rotatable bonds is 5. The highest BCUT2D eigenvalue weighted by Crippen LogP contribution is 2.17. The summed E-state index contributed by atoms with van der Waals surface area (Å²) < 4.78 is 24.5. The average molecular weight is 312 g/mol. The minimum atomic E-state index is -0.862. The zero-order chi connectivity index (χ0) is 14.5. The quantitative estimate of drug-likeness (QED) is 0.905. The van der Waals surface area contributed by atoms with Gasteiger partial charge < -0.3 is 5.32 Å². The van der Waals surface area contributed by atoms with E-state index in [-0.39, 0.29) is 5.02 Å². The fourth-order valence-electron chi connectivity index (χ4n) is 1.86. The Bertz CT molecular complexity index is 633. The van der Waals surface area contributed by atoms with Crippen molar-refractivity contribution < 1.29 is 8.60 Å². The van der Waals surface area contributed by atoms with Gasteiger partial charge in [0.15, 0.2) is 0 Å². The van der Waals surface area contributed by atoms with Crippen LogP contribution >= 0.6 is 11.6 Å². The summed E-state index contributed by atoms with van der Waals surface area (Å²) in [5.41, 5.74) is 2.75. The molecule has 2 aromatic rings. The molecule has 0 saturated carbocycles. The fourth-order valence-corrected chi connectivity index (χ4v) is 2.63. The minimum Gasteiger partial charge on any atom is -0.381 e. The number of hydrogen-bond acceptors (Lipinski definition) is 2. The molecule has 0 fully saturated rings. The van der Waals surface area contributed by atoms with E-state index in [0.717, 1.165) is 16.8 Å². The predicted octanol–water partition coefficient (Wildman–Crippen LogP) is 3.97. The summed E-state index contributed by atoms with van der Waals surface area (Å²) in [5, 5.41) is 3.34. The standard InChI is InChI=1S/C15H15ClFNOS/c1-20(19)10-12-3-2-4-13(7-12)18-9-11-5-6-14(16)15(17)8-11/h2-8,18H,9-10H2,1H3/t20-/m1/s1. The van der Waals surface area contributed by atoms with E-state index in [2.05, 4.69) is 5.32 Å². The summed E-state index contributed by atoms with van der Waals surface area (Å²) >= 11 is 5.64. The second-order valence-corrected chi connectivity index (χ2v) is 6.36. The maximum atomic E-state index is 13.3. The summed E-state index contributed by atoms with van der Waals surface area (Å²) in [4.78, 5) is 0. The maximum Gasteiger partial charge on any atom is 0.142 e. The third-order valence-corrected chi connectivity index (χ3v) is 3.82. The summed E-state index contributed by atoms with van der Waals surface area (Å²) in [6.07, 6.45) is 1.68. The molecule has 2 rings (SSSR count). The van der Waals surface area contributed by atoms with Gasteiger partial charge in [0.25, 0.3) is 0 Å². The lowest BCUT2D eigenvalue weighted by molar-refractivity contribution is 0.626. The van der Waals surface area contributed by atoms with Gasteiger partial charge in [-0.15, -0.1) is 0 Å². The molecule has 2 aromatic carbocycles. The molecule has 0 aliphatic heterocycles. The van der Waals surface area contributed by atoms with Crippen LogP contribution in [-0.4, -0.2) is 10.5 Å². The number of hydrogen-bond donors (Lipinski definition) is 1. The largest absolute Gasteiger partial charge is 0.381 e. The first-order valence-corrected chi connectivity index (χ1v) is 8.22. The molecule has 0 aliphatic rings. The molecule has 0 amide bonds. The van der Waals surface area contributed by atoms with Gasteiger partial charge in [-0.25, -0.2) is 4.39 Å². The number of nitrogens with one attached hydrogen (secondary N) is 1. The van der Waals surface area contributed by atoms with Gasteiger partial charge in [-0.1, -0.05) is 29.8 Å². The lowest BCUT2D eigenvalue weighted by Gasteiger charge is -2.08. The van der Waals surface area contributed by atoms with Crippen molar-refractivity contribution in [1.82, 2.24) is 0 Å². The number of halogens is 2. The van der Waals surface area contributed by atoms with E-state index in [0.29, 0.717) is 12.3 Å². The van der Waals surface area contributed by atoms with Crippen molar-refractivity contribution in [2.24, 2.45) is 0 Å².